The van der Waals surface area contributed by atoms with Crippen molar-refractivity contribution in [1.82, 2.24) is 10.1 Å². The summed E-state index contributed by atoms with van der Waals surface area (Å²) in [5.41, 5.74) is 12.2. The quantitative estimate of drug-likeness (QED) is 0.0322. The van der Waals surface area contributed by atoms with Crippen LogP contribution in [0.5, 0.6) is 0 Å². The lowest BCUT2D eigenvalue weighted by molar-refractivity contribution is -0.438. The van der Waals surface area contributed by atoms with Crippen molar-refractivity contribution in [2.24, 2.45) is 5.10 Å². The molecule has 0 atom stereocenters. The zero-order valence-electron chi connectivity index (χ0n) is 40.7. The number of benzene rings is 4. The maximum Gasteiger partial charge on any atom is 0.277 e. The Balaban J connectivity index is 0.999. The van der Waals surface area contributed by atoms with E-state index < -0.39 is 10.0 Å². The molecular weight excluding hydrogens is 823 g/mol. The van der Waals surface area contributed by atoms with Crippen molar-refractivity contribution in [3.63, 3.8) is 0 Å². The van der Waals surface area contributed by atoms with Crippen LogP contribution in [0.4, 0.5) is 11.4 Å². The number of nitrogens with zero attached hydrogens (tertiary/aromatic N) is 3. The number of allylic oxidation sites excluding steroid dienone is 6. The summed E-state index contributed by atoms with van der Waals surface area (Å²) in [6.07, 6.45) is 15.4. The summed E-state index contributed by atoms with van der Waals surface area (Å²) < 4.78 is 29.8. The number of sulfonamides is 1. The number of hydrogen-bond donors (Lipinski definition) is 2. The number of amides is 1. The van der Waals surface area contributed by atoms with Gasteiger partial charge in [-0.25, -0.2) is 4.83 Å². The first kappa shape index (κ1) is 48.9. The maximum absolute atomic E-state index is 13.7. The zero-order chi connectivity index (χ0) is 47.1. The van der Waals surface area contributed by atoms with E-state index in [9.17, 15) is 13.2 Å². The van der Waals surface area contributed by atoms with Gasteiger partial charge in [0.15, 0.2) is 5.71 Å². The monoisotopic (exact) mass is 895 g/mol. The predicted octanol–water partition coefficient (Wildman–Crippen LogP) is 12.1. The Morgan fingerprint density at radius 1 is 0.785 bits per heavy atom. The van der Waals surface area contributed by atoms with Crippen molar-refractivity contribution in [2.45, 2.75) is 135 Å². The Morgan fingerprint density at radius 3 is 2.08 bits per heavy atom. The fourth-order valence-corrected chi connectivity index (χ4v) is 10.9. The highest BCUT2D eigenvalue weighted by atomic mass is 32.2. The highest BCUT2D eigenvalue weighted by molar-refractivity contribution is 7.89. The number of nitrogens with one attached hydrogen (secondary N) is 2. The number of rotatable bonds is 19. The molecule has 6 rings (SSSR count). The fraction of sp³-hybridized carbons (Fsp3) is 0.411. The molecule has 0 aliphatic carbocycles. The second-order valence-corrected chi connectivity index (χ2v) is 21.1. The summed E-state index contributed by atoms with van der Waals surface area (Å²) in [5, 5.41) is 7.26. The van der Waals surface area contributed by atoms with E-state index in [1.807, 2.05) is 64.1 Å². The van der Waals surface area contributed by atoms with Crippen molar-refractivity contribution < 1.29 is 17.8 Å². The maximum atomic E-state index is 13.7. The molecule has 2 N–H and O–H groups in total. The van der Waals surface area contributed by atoms with Gasteiger partial charge in [0.1, 0.15) is 6.54 Å². The molecule has 65 heavy (non-hydrogen) atoms. The Labute approximate surface area is 390 Å². The third-order valence-electron chi connectivity index (χ3n) is 13.1. The summed E-state index contributed by atoms with van der Waals surface area (Å²) >= 11 is 0. The van der Waals surface area contributed by atoms with E-state index in [1.54, 1.807) is 0 Å². The first-order valence-electron chi connectivity index (χ1n) is 23.6. The Bertz CT molecular complexity index is 2580. The lowest BCUT2D eigenvalue weighted by Crippen LogP contribution is -2.28. The standard InChI is InChI=1S/C56H71N5O3S/c1-12-60-49-24-18-16-22-47(49)55(8,9)51(60)26-14-13-15-27-52-56(10,11)48-23-17-19-25-50(48)61(52)35-21-20-28-53(62)57-34-33-42-29-31-43(32-30-42)38-58-59-65(63,64)54-45(40(4)5)36-44(39(2)3)37-46(54)41(6)7/h13-19,22-27,29-32,36-41,59H,12,20-21,28,33-35H2,1-11H3/p+1/b58-38+. The number of likely N-dealkylation sites (N-methyl/N-ethyl adjacent to an activating group) is 1. The molecule has 344 valence electrons. The topological polar surface area (TPSA) is 93.9 Å². The molecule has 0 radical (unpaired) electrons. The van der Waals surface area contributed by atoms with Gasteiger partial charge >= 0.3 is 0 Å². The van der Waals surface area contributed by atoms with Gasteiger partial charge in [-0.2, -0.15) is 18.1 Å². The van der Waals surface area contributed by atoms with Gasteiger partial charge < -0.3 is 10.2 Å². The van der Waals surface area contributed by atoms with E-state index in [0.29, 0.717) is 24.3 Å². The first-order valence-corrected chi connectivity index (χ1v) is 25.1. The summed E-state index contributed by atoms with van der Waals surface area (Å²) in [6, 6.07) is 29.2. The number of carbonyl (C=O) groups is 1. The normalized spacial score (nSPS) is 16.3. The number of para-hydroxylation sites is 2. The minimum atomic E-state index is -3.90. The van der Waals surface area contributed by atoms with Crippen molar-refractivity contribution >= 4 is 39.2 Å². The third kappa shape index (κ3) is 10.9. The molecular formula is C56H72N5O3S+. The second kappa shape index (κ2) is 20.7. The molecule has 2 heterocycles. The number of hydrogen-bond acceptors (Lipinski definition) is 5. The Morgan fingerprint density at radius 2 is 1.43 bits per heavy atom. The molecule has 0 aromatic heterocycles. The fourth-order valence-electron chi connectivity index (χ4n) is 9.40. The van der Waals surface area contributed by atoms with Crippen LogP contribution in [0.25, 0.3) is 0 Å². The summed E-state index contributed by atoms with van der Waals surface area (Å²) in [4.78, 5) is 18.2. The van der Waals surface area contributed by atoms with Gasteiger partial charge in [0.25, 0.3) is 10.0 Å². The van der Waals surface area contributed by atoms with Gasteiger partial charge in [0.2, 0.25) is 11.6 Å². The smallest absolute Gasteiger partial charge is 0.277 e. The number of unbranched alkanes of at least 4 members (excludes halogenated alkanes) is 1. The van der Waals surface area contributed by atoms with Gasteiger partial charge in [0.05, 0.1) is 16.5 Å². The van der Waals surface area contributed by atoms with Crippen LogP contribution >= 0.6 is 0 Å². The van der Waals surface area contributed by atoms with Crippen LogP contribution in [0.15, 0.2) is 131 Å². The lowest BCUT2D eigenvalue weighted by atomic mass is 9.81. The largest absolute Gasteiger partial charge is 0.356 e. The van der Waals surface area contributed by atoms with E-state index in [1.165, 1.54) is 40.1 Å². The molecule has 1 amide bonds. The highest BCUT2D eigenvalue weighted by Gasteiger charge is 2.44. The third-order valence-corrected chi connectivity index (χ3v) is 14.5. The molecule has 4 aromatic carbocycles. The average molecular weight is 895 g/mol. The van der Waals surface area contributed by atoms with Crippen LogP contribution < -0.4 is 15.0 Å². The second-order valence-electron chi connectivity index (χ2n) is 19.5. The molecule has 0 spiro atoms. The molecule has 2 aliphatic rings. The summed E-state index contributed by atoms with van der Waals surface area (Å²) in [5.74, 6) is 0.412. The Hall–Kier alpha value is -5.54. The van der Waals surface area contributed by atoms with E-state index in [2.05, 4.69) is 152 Å². The average Bonchev–Trinajstić information content (AvgIpc) is 3.62. The van der Waals surface area contributed by atoms with Gasteiger partial charge in [-0.1, -0.05) is 146 Å². The highest BCUT2D eigenvalue weighted by Crippen LogP contribution is 2.47. The predicted molar refractivity (Wildman–Crippen MR) is 272 cm³/mol. The van der Waals surface area contributed by atoms with E-state index >= 15 is 0 Å². The van der Waals surface area contributed by atoms with Crippen LogP contribution in [0, 0.1) is 0 Å². The molecule has 9 heteroatoms. The minimum Gasteiger partial charge on any atom is -0.356 e. The van der Waals surface area contributed by atoms with Crippen LogP contribution in [0.2, 0.25) is 0 Å². The molecule has 2 aliphatic heterocycles. The SMILES string of the molecule is CCN1/C(=C/C=C/C=C/C2=[N+](CCCCC(=O)NCCc3ccc(/C=N/NS(=O)(=O)c4c(C(C)C)cc(C(C)C)cc4C(C)C)cc3)c3ccccc3C2(C)C)C(C)(C)c2ccccc21. The van der Waals surface area contributed by atoms with Gasteiger partial charge in [-0.15, -0.1) is 0 Å². The van der Waals surface area contributed by atoms with Gasteiger partial charge in [0, 0.05) is 60.4 Å². The number of fused-ring (bicyclic) bond motifs is 2. The molecule has 0 saturated heterocycles. The minimum absolute atomic E-state index is 0.0331. The van der Waals surface area contributed by atoms with E-state index in [0.717, 1.165) is 53.7 Å². The van der Waals surface area contributed by atoms with Crippen LogP contribution in [0.1, 0.15) is 152 Å². The van der Waals surface area contributed by atoms with Crippen molar-refractivity contribution in [3.05, 3.63) is 160 Å². The van der Waals surface area contributed by atoms with Crippen molar-refractivity contribution in [2.75, 3.05) is 24.5 Å². The van der Waals surface area contributed by atoms with E-state index in [4.69, 9.17) is 0 Å². The summed E-state index contributed by atoms with van der Waals surface area (Å²) in [7, 11) is -3.90. The first-order chi connectivity index (χ1) is 30.9. The van der Waals surface area contributed by atoms with Crippen LogP contribution in [-0.4, -0.2) is 50.5 Å². The zero-order valence-corrected chi connectivity index (χ0v) is 41.5. The number of carbonyl (C=O) groups excluding carboxylic acids is 1. The van der Waals surface area contributed by atoms with E-state index in [-0.39, 0.29) is 34.5 Å². The molecule has 0 saturated carbocycles. The molecule has 0 bridgehead atoms. The molecule has 8 nitrogen and oxygen atoms in total. The molecule has 4 aromatic rings. The lowest BCUT2D eigenvalue weighted by Gasteiger charge is -2.25. The Kier molecular flexibility index (Phi) is 15.6. The molecule has 0 fully saturated rings. The summed E-state index contributed by atoms with van der Waals surface area (Å²) in [6.45, 7) is 26.1. The van der Waals surface area contributed by atoms with Crippen LogP contribution in [0.3, 0.4) is 0 Å². The van der Waals surface area contributed by atoms with Crippen LogP contribution in [-0.2, 0) is 32.1 Å². The molecule has 0 unspecified atom stereocenters. The van der Waals surface area contributed by atoms with Crippen molar-refractivity contribution in [3.8, 4) is 0 Å². The van der Waals surface area contributed by atoms with Gasteiger partial charge in [-0.3, -0.25) is 4.79 Å². The van der Waals surface area contributed by atoms with Gasteiger partial charge in [-0.05, 0) is 96.9 Å². The van der Waals surface area contributed by atoms with Crippen molar-refractivity contribution in [1.29, 1.82) is 0 Å². The number of hydrazone groups is 1. The number of anilines is 1.